The highest BCUT2D eigenvalue weighted by molar-refractivity contribution is 5.84. The molecule has 5 nitrogen and oxygen atoms in total. The Labute approximate surface area is 114 Å². The Morgan fingerprint density at radius 1 is 1.16 bits per heavy atom. The van der Waals surface area contributed by atoms with Gasteiger partial charge in [-0.2, -0.15) is 0 Å². The van der Waals surface area contributed by atoms with Crippen LogP contribution in [0, 0.1) is 0 Å². The molecule has 0 saturated heterocycles. The molecule has 106 valence electrons. The molecule has 0 aromatic carbocycles. The fourth-order valence-corrected chi connectivity index (χ4v) is 1.81. The van der Waals surface area contributed by atoms with Crippen LogP contribution in [-0.2, 0) is 6.54 Å². The molecule has 5 heteroatoms. The SMILES string of the molecule is CCCCN(CCCC)Cc1cnc(C(=O)O)cn1. The van der Waals surface area contributed by atoms with Gasteiger partial charge in [0.15, 0.2) is 5.69 Å². The van der Waals surface area contributed by atoms with Crippen LogP contribution >= 0.6 is 0 Å². The molecular formula is C14H23N3O2. The monoisotopic (exact) mass is 265 g/mol. The summed E-state index contributed by atoms with van der Waals surface area (Å²) in [5.74, 6) is -1.03. The second-order valence-corrected chi connectivity index (χ2v) is 4.68. The Balaban J connectivity index is 2.58. The van der Waals surface area contributed by atoms with E-state index in [-0.39, 0.29) is 5.69 Å². The van der Waals surface area contributed by atoms with Gasteiger partial charge in [-0.1, -0.05) is 26.7 Å². The molecular weight excluding hydrogens is 242 g/mol. The number of carboxylic acid groups (broad SMARTS) is 1. The molecule has 0 spiro atoms. The number of unbranched alkanes of at least 4 members (excludes halogenated alkanes) is 2. The Kier molecular flexibility index (Phi) is 7.03. The summed E-state index contributed by atoms with van der Waals surface area (Å²) in [7, 11) is 0. The normalized spacial score (nSPS) is 10.9. The molecule has 19 heavy (non-hydrogen) atoms. The third-order valence-electron chi connectivity index (χ3n) is 2.97. The zero-order chi connectivity index (χ0) is 14.1. The smallest absolute Gasteiger partial charge is 0.356 e. The highest BCUT2D eigenvalue weighted by atomic mass is 16.4. The van der Waals surface area contributed by atoms with Crippen molar-refractivity contribution < 1.29 is 9.90 Å². The van der Waals surface area contributed by atoms with Crippen molar-refractivity contribution in [2.24, 2.45) is 0 Å². The summed E-state index contributed by atoms with van der Waals surface area (Å²) in [5, 5.41) is 8.78. The molecule has 0 aliphatic carbocycles. The van der Waals surface area contributed by atoms with Gasteiger partial charge in [0.1, 0.15) is 0 Å². The summed E-state index contributed by atoms with van der Waals surface area (Å²) in [6, 6.07) is 0. The highest BCUT2D eigenvalue weighted by Crippen LogP contribution is 2.05. The van der Waals surface area contributed by atoms with Crippen LogP contribution in [0.4, 0.5) is 0 Å². The summed E-state index contributed by atoms with van der Waals surface area (Å²) in [5.41, 5.74) is 0.828. The molecule has 0 amide bonds. The number of aromatic nitrogens is 2. The lowest BCUT2D eigenvalue weighted by atomic mass is 10.2. The lowest BCUT2D eigenvalue weighted by molar-refractivity contribution is 0.0690. The van der Waals surface area contributed by atoms with Crippen molar-refractivity contribution in [3.8, 4) is 0 Å². The maximum atomic E-state index is 10.7. The molecule has 0 aliphatic heterocycles. The van der Waals surface area contributed by atoms with Crippen LogP contribution in [0.3, 0.4) is 0 Å². The molecule has 0 saturated carbocycles. The standard InChI is InChI=1S/C14H23N3O2/c1-3-5-7-17(8-6-4-2)11-12-9-16-13(10-15-12)14(18)19/h9-10H,3-8,11H2,1-2H3,(H,18,19). The third kappa shape index (κ3) is 5.79. The summed E-state index contributed by atoms with van der Waals surface area (Å²) in [4.78, 5) is 21.1. The fourth-order valence-electron chi connectivity index (χ4n) is 1.81. The predicted molar refractivity (Wildman–Crippen MR) is 74.1 cm³/mol. The van der Waals surface area contributed by atoms with Gasteiger partial charge in [0.25, 0.3) is 0 Å². The van der Waals surface area contributed by atoms with E-state index in [9.17, 15) is 4.79 Å². The average molecular weight is 265 g/mol. The molecule has 0 radical (unpaired) electrons. The first kappa shape index (κ1) is 15.6. The van der Waals surface area contributed by atoms with Crippen molar-refractivity contribution in [2.75, 3.05) is 13.1 Å². The molecule has 1 N–H and O–H groups in total. The maximum absolute atomic E-state index is 10.7. The first-order chi connectivity index (χ1) is 9.17. The van der Waals surface area contributed by atoms with E-state index in [1.807, 2.05) is 0 Å². The minimum absolute atomic E-state index is 0.00239. The van der Waals surface area contributed by atoms with Gasteiger partial charge in [-0.15, -0.1) is 0 Å². The van der Waals surface area contributed by atoms with E-state index in [1.54, 1.807) is 6.20 Å². The second-order valence-electron chi connectivity index (χ2n) is 4.68. The maximum Gasteiger partial charge on any atom is 0.356 e. The van der Waals surface area contributed by atoms with E-state index in [1.165, 1.54) is 31.9 Å². The first-order valence-electron chi connectivity index (χ1n) is 6.94. The van der Waals surface area contributed by atoms with E-state index < -0.39 is 5.97 Å². The van der Waals surface area contributed by atoms with Gasteiger partial charge in [0, 0.05) is 6.54 Å². The number of rotatable bonds is 9. The van der Waals surface area contributed by atoms with Crippen LogP contribution in [0.25, 0.3) is 0 Å². The van der Waals surface area contributed by atoms with E-state index in [2.05, 4.69) is 28.7 Å². The van der Waals surface area contributed by atoms with Gasteiger partial charge in [0.05, 0.1) is 18.1 Å². The van der Waals surface area contributed by atoms with Gasteiger partial charge >= 0.3 is 5.97 Å². The van der Waals surface area contributed by atoms with Gasteiger partial charge in [-0.3, -0.25) is 9.88 Å². The summed E-state index contributed by atoms with van der Waals surface area (Å²) >= 11 is 0. The van der Waals surface area contributed by atoms with Crippen LogP contribution in [0.1, 0.15) is 55.7 Å². The fraction of sp³-hybridized carbons (Fsp3) is 0.643. The molecule has 0 atom stereocenters. The number of carbonyl (C=O) groups is 1. The van der Waals surface area contributed by atoms with E-state index in [4.69, 9.17) is 5.11 Å². The van der Waals surface area contributed by atoms with Crippen LogP contribution in [0.2, 0.25) is 0 Å². The quantitative estimate of drug-likeness (QED) is 0.743. The largest absolute Gasteiger partial charge is 0.476 e. The lowest BCUT2D eigenvalue weighted by Gasteiger charge is -2.21. The highest BCUT2D eigenvalue weighted by Gasteiger charge is 2.08. The van der Waals surface area contributed by atoms with E-state index in [0.29, 0.717) is 0 Å². The number of carboxylic acids is 1. The van der Waals surface area contributed by atoms with Gasteiger partial charge in [-0.05, 0) is 25.9 Å². The Bertz CT molecular complexity index is 371. The van der Waals surface area contributed by atoms with E-state index >= 15 is 0 Å². The van der Waals surface area contributed by atoms with Crippen molar-refractivity contribution in [3.63, 3.8) is 0 Å². The summed E-state index contributed by atoms with van der Waals surface area (Å²) in [6.45, 7) is 7.21. The Hall–Kier alpha value is -1.49. The number of hydrogen-bond donors (Lipinski definition) is 1. The molecule has 1 aromatic heterocycles. The average Bonchev–Trinajstić information content (AvgIpc) is 2.42. The van der Waals surface area contributed by atoms with Crippen LogP contribution in [0.15, 0.2) is 12.4 Å². The Morgan fingerprint density at radius 2 is 1.79 bits per heavy atom. The van der Waals surface area contributed by atoms with Crippen LogP contribution < -0.4 is 0 Å². The number of aromatic carboxylic acids is 1. The zero-order valence-electron chi connectivity index (χ0n) is 11.8. The van der Waals surface area contributed by atoms with Crippen LogP contribution in [0.5, 0.6) is 0 Å². The summed E-state index contributed by atoms with van der Waals surface area (Å²) < 4.78 is 0. The molecule has 1 aromatic rings. The molecule has 0 unspecified atom stereocenters. The van der Waals surface area contributed by atoms with Crippen molar-refractivity contribution >= 4 is 5.97 Å². The lowest BCUT2D eigenvalue weighted by Crippen LogP contribution is -2.26. The number of nitrogens with zero attached hydrogens (tertiary/aromatic N) is 3. The summed E-state index contributed by atoms with van der Waals surface area (Å²) in [6.07, 6.45) is 7.58. The molecule has 0 bridgehead atoms. The predicted octanol–water partition coefficient (Wildman–Crippen LogP) is 2.58. The van der Waals surface area contributed by atoms with Gasteiger partial charge in [-0.25, -0.2) is 9.78 Å². The van der Waals surface area contributed by atoms with Gasteiger partial charge < -0.3 is 5.11 Å². The number of hydrogen-bond acceptors (Lipinski definition) is 4. The third-order valence-corrected chi connectivity index (χ3v) is 2.97. The molecule has 0 fully saturated rings. The molecule has 0 aliphatic rings. The molecule has 1 heterocycles. The second kappa shape index (κ2) is 8.58. The van der Waals surface area contributed by atoms with Gasteiger partial charge in [0.2, 0.25) is 0 Å². The van der Waals surface area contributed by atoms with Crippen molar-refractivity contribution in [1.82, 2.24) is 14.9 Å². The van der Waals surface area contributed by atoms with E-state index in [0.717, 1.165) is 25.3 Å². The zero-order valence-corrected chi connectivity index (χ0v) is 11.8. The minimum Gasteiger partial charge on any atom is -0.476 e. The minimum atomic E-state index is -1.03. The van der Waals surface area contributed by atoms with Crippen molar-refractivity contribution in [2.45, 2.75) is 46.1 Å². The van der Waals surface area contributed by atoms with Crippen molar-refractivity contribution in [3.05, 3.63) is 23.8 Å². The topological polar surface area (TPSA) is 66.3 Å². The molecule has 1 rings (SSSR count). The van der Waals surface area contributed by atoms with Crippen molar-refractivity contribution in [1.29, 1.82) is 0 Å². The van der Waals surface area contributed by atoms with Crippen LogP contribution in [-0.4, -0.2) is 39.0 Å². The first-order valence-corrected chi connectivity index (χ1v) is 6.94. The Morgan fingerprint density at radius 3 is 2.21 bits per heavy atom.